The van der Waals surface area contributed by atoms with Crippen molar-refractivity contribution in [2.24, 2.45) is 5.92 Å². The lowest BCUT2D eigenvalue weighted by atomic mass is 9.83. The largest absolute Gasteiger partial charge is 0.309 e. The van der Waals surface area contributed by atoms with E-state index in [0.29, 0.717) is 12.1 Å². The molecule has 3 aliphatic rings. The Morgan fingerprint density at radius 3 is 2.71 bits per heavy atom. The van der Waals surface area contributed by atoms with Gasteiger partial charge in [0.05, 0.1) is 0 Å². The van der Waals surface area contributed by atoms with Crippen molar-refractivity contribution in [1.82, 2.24) is 10.2 Å². The molecule has 2 bridgehead atoms. The Labute approximate surface area is 87.1 Å². The molecule has 0 aromatic heterocycles. The van der Waals surface area contributed by atoms with E-state index in [9.17, 15) is 0 Å². The SMILES string of the molecule is C#CCC(C)NC1CN2CCC1CC2. The minimum Gasteiger partial charge on any atom is -0.309 e. The van der Waals surface area contributed by atoms with Crippen LogP contribution in [0.25, 0.3) is 0 Å². The maximum Gasteiger partial charge on any atom is 0.0238 e. The van der Waals surface area contributed by atoms with Crippen molar-refractivity contribution in [3.63, 3.8) is 0 Å². The van der Waals surface area contributed by atoms with Gasteiger partial charge in [-0.05, 0) is 38.8 Å². The lowest BCUT2D eigenvalue weighted by molar-refractivity contribution is 0.0683. The first-order valence-corrected chi connectivity index (χ1v) is 5.71. The predicted octanol–water partition coefficient (Wildman–Crippen LogP) is 1.08. The second-order valence-corrected chi connectivity index (χ2v) is 4.72. The van der Waals surface area contributed by atoms with Crippen LogP contribution < -0.4 is 5.32 Å². The van der Waals surface area contributed by atoms with Crippen molar-refractivity contribution in [3.8, 4) is 12.3 Å². The summed E-state index contributed by atoms with van der Waals surface area (Å²) in [4.78, 5) is 2.57. The van der Waals surface area contributed by atoms with Gasteiger partial charge < -0.3 is 10.2 Å². The lowest BCUT2D eigenvalue weighted by Crippen LogP contribution is -2.57. The fourth-order valence-electron chi connectivity index (χ4n) is 2.76. The number of fused-ring (bicyclic) bond motifs is 3. The van der Waals surface area contributed by atoms with Crippen LogP contribution in [0.15, 0.2) is 0 Å². The summed E-state index contributed by atoms with van der Waals surface area (Å²) >= 11 is 0. The molecule has 0 aliphatic carbocycles. The third-order valence-corrected chi connectivity index (χ3v) is 3.58. The Morgan fingerprint density at radius 1 is 1.50 bits per heavy atom. The average molecular weight is 192 g/mol. The third-order valence-electron chi connectivity index (χ3n) is 3.58. The van der Waals surface area contributed by atoms with Crippen molar-refractivity contribution in [1.29, 1.82) is 0 Å². The van der Waals surface area contributed by atoms with Crippen molar-refractivity contribution in [2.45, 2.75) is 38.3 Å². The highest BCUT2D eigenvalue weighted by Gasteiger charge is 2.34. The molecule has 3 aliphatic heterocycles. The Hall–Kier alpha value is -0.520. The van der Waals surface area contributed by atoms with Gasteiger partial charge in [0.1, 0.15) is 0 Å². The van der Waals surface area contributed by atoms with Gasteiger partial charge in [-0.3, -0.25) is 0 Å². The number of terminal acetylenes is 1. The Bertz CT molecular complexity index is 223. The standard InChI is InChI=1S/C12H20N2/c1-3-4-10(2)13-12-9-14-7-5-11(12)6-8-14/h1,10-13H,4-9H2,2H3. The van der Waals surface area contributed by atoms with E-state index < -0.39 is 0 Å². The summed E-state index contributed by atoms with van der Waals surface area (Å²) in [5.74, 6) is 3.63. The molecule has 14 heavy (non-hydrogen) atoms. The molecular formula is C12H20N2. The molecule has 3 heterocycles. The molecule has 78 valence electrons. The van der Waals surface area contributed by atoms with E-state index in [1.54, 1.807) is 0 Å². The Morgan fingerprint density at radius 2 is 2.21 bits per heavy atom. The zero-order chi connectivity index (χ0) is 9.97. The van der Waals surface area contributed by atoms with Crippen LogP contribution in [0.2, 0.25) is 0 Å². The molecule has 0 saturated carbocycles. The van der Waals surface area contributed by atoms with E-state index in [2.05, 4.69) is 23.1 Å². The number of hydrogen-bond donors (Lipinski definition) is 1. The summed E-state index contributed by atoms with van der Waals surface area (Å²) < 4.78 is 0. The minimum absolute atomic E-state index is 0.477. The van der Waals surface area contributed by atoms with Crippen molar-refractivity contribution in [2.75, 3.05) is 19.6 Å². The van der Waals surface area contributed by atoms with Crippen LogP contribution in [0, 0.1) is 18.3 Å². The third kappa shape index (κ3) is 2.10. The molecule has 0 aromatic rings. The van der Waals surface area contributed by atoms with E-state index in [0.717, 1.165) is 12.3 Å². The van der Waals surface area contributed by atoms with Gasteiger partial charge in [-0.2, -0.15) is 0 Å². The maximum atomic E-state index is 5.31. The molecule has 0 radical (unpaired) electrons. The van der Waals surface area contributed by atoms with Crippen molar-refractivity contribution >= 4 is 0 Å². The van der Waals surface area contributed by atoms with Gasteiger partial charge in [0.15, 0.2) is 0 Å². The summed E-state index contributed by atoms with van der Waals surface area (Å²) in [6.07, 6.45) is 8.91. The van der Waals surface area contributed by atoms with Crippen LogP contribution in [0.4, 0.5) is 0 Å². The molecule has 3 rings (SSSR count). The highest BCUT2D eigenvalue weighted by molar-refractivity contribution is 4.94. The summed E-state index contributed by atoms with van der Waals surface area (Å²) in [7, 11) is 0. The fraction of sp³-hybridized carbons (Fsp3) is 0.833. The summed E-state index contributed by atoms with van der Waals surface area (Å²) in [5, 5.41) is 3.67. The van der Waals surface area contributed by atoms with E-state index in [4.69, 9.17) is 6.42 Å². The second kappa shape index (κ2) is 4.33. The molecule has 2 nitrogen and oxygen atoms in total. The molecule has 0 amide bonds. The molecule has 0 spiro atoms. The molecule has 1 N–H and O–H groups in total. The van der Waals surface area contributed by atoms with Gasteiger partial charge >= 0.3 is 0 Å². The number of hydrogen-bond acceptors (Lipinski definition) is 2. The van der Waals surface area contributed by atoms with Gasteiger partial charge in [-0.25, -0.2) is 0 Å². The number of rotatable bonds is 3. The normalized spacial score (nSPS) is 37.9. The first kappa shape index (κ1) is 10.0. The van der Waals surface area contributed by atoms with Crippen LogP contribution in [0.1, 0.15) is 26.2 Å². The fourth-order valence-corrected chi connectivity index (χ4v) is 2.76. The summed E-state index contributed by atoms with van der Waals surface area (Å²) in [6.45, 7) is 6.05. The van der Waals surface area contributed by atoms with Crippen LogP contribution in [0.5, 0.6) is 0 Å². The number of piperidine rings is 3. The number of nitrogens with zero attached hydrogens (tertiary/aromatic N) is 1. The molecular weight excluding hydrogens is 172 g/mol. The second-order valence-electron chi connectivity index (χ2n) is 4.72. The lowest BCUT2D eigenvalue weighted by Gasteiger charge is -2.45. The summed E-state index contributed by atoms with van der Waals surface area (Å²) in [6, 6.07) is 1.17. The summed E-state index contributed by atoms with van der Waals surface area (Å²) in [5.41, 5.74) is 0. The first-order chi connectivity index (χ1) is 6.79. The van der Waals surface area contributed by atoms with Crippen molar-refractivity contribution < 1.29 is 0 Å². The molecule has 3 fully saturated rings. The molecule has 0 aromatic carbocycles. The highest BCUT2D eigenvalue weighted by atomic mass is 15.2. The van der Waals surface area contributed by atoms with Crippen LogP contribution in [-0.4, -0.2) is 36.6 Å². The number of nitrogens with one attached hydrogen (secondary N) is 1. The molecule has 3 saturated heterocycles. The van der Waals surface area contributed by atoms with E-state index in [1.165, 1.54) is 32.5 Å². The van der Waals surface area contributed by atoms with Gasteiger partial charge in [0.2, 0.25) is 0 Å². The minimum atomic E-state index is 0.477. The van der Waals surface area contributed by atoms with Gasteiger partial charge in [-0.15, -0.1) is 12.3 Å². The Balaban J connectivity index is 1.84. The topological polar surface area (TPSA) is 15.3 Å². The van der Waals surface area contributed by atoms with Gasteiger partial charge in [0.25, 0.3) is 0 Å². The van der Waals surface area contributed by atoms with E-state index in [-0.39, 0.29) is 0 Å². The molecule has 2 atom stereocenters. The van der Waals surface area contributed by atoms with E-state index >= 15 is 0 Å². The van der Waals surface area contributed by atoms with Gasteiger partial charge in [-0.1, -0.05) is 0 Å². The smallest absolute Gasteiger partial charge is 0.0238 e. The molecule has 2 unspecified atom stereocenters. The molecule has 2 heteroatoms. The quantitative estimate of drug-likeness (QED) is 0.673. The average Bonchev–Trinajstić information content (AvgIpc) is 2.19. The van der Waals surface area contributed by atoms with Crippen LogP contribution in [-0.2, 0) is 0 Å². The monoisotopic (exact) mass is 192 g/mol. The predicted molar refractivity (Wildman–Crippen MR) is 59.0 cm³/mol. The maximum absolute atomic E-state index is 5.31. The van der Waals surface area contributed by atoms with Crippen LogP contribution in [0.3, 0.4) is 0 Å². The highest BCUT2D eigenvalue weighted by Crippen LogP contribution is 2.27. The Kier molecular flexibility index (Phi) is 3.10. The van der Waals surface area contributed by atoms with Crippen LogP contribution >= 0.6 is 0 Å². The zero-order valence-electron chi connectivity index (χ0n) is 9.00. The van der Waals surface area contributed by atoms with Crippen molar-refractivity contribution in [3.05, 3.63) is 0 Å². The van der Waals surface area contributed by atoms with Gasteiger partial charge in [0, 0.05) is 25.0 Å². The van der Waals surface area contributed by atoms with E-state index in [1.807, 2.05) is 0 Å². The first-order valence-electron chi connectivity index (χ1n) is 5.71. The zero-order valence-corrected chi connectivity index (χ0v) is 9.00.